The fraction of sp³-hybridized carbons (Fsp3) is 0.368. The van der Waals surface area contributed by atoms with E-state index >= 15 is 0 Å². The van der Waals surface area contributed by atoms with Crippen molar-refractivity contribution in [2.24, 2.45) is 4.99 Å². The lowest BCUT2D eigenvalue weighted by Crippen LogP contribution is -2.14. The molecule has 0 aliphatic rings. The van der Waals surface area contributed by atoms with E-state index in [9.17, 15) is 8.78 Å². The number of hydrogen-bond acceptors (Lipinski definition) is 4. The van der Waals surface area contributed by atoms with Gasteiger partial charge in [-0.2, -0.15) is 0 Å². The van der Waals surface area contributed by atoms with E-state index in [1.807, 2.05) is 18.9 Å². The summed E-state index contributed by atoms with van der Waals surface area (Å²) < 4.78 is 37.9. The van der Waals surface area contributed by atoms with Gasteiger partial charge in [0.15, 0.2) is 5.75 Å². The van der Waals surface area contributed by atoms with Gasteiger partial charge in [0.1, 0.15) is 17.7 Å². The molecule has 0 spiro atoms. The van der Waals surface area contributed by atoms with Gasteiger partial charge < -0.3 is 14.4 Å². The molecule has 1 aromatic heterocycles. The smallest absolute Gasteiger partial charge is 0.257 e. The monoisotopic (exact) mass is 363 g/mol. The molecule has 1 heterocycles. The first-order valence-electron chi connectivity index (χ1n) is 8.26. The number of hydrogen-bond donors (Lipinski definition) is 0. The highest BCUT2D eigenvalue weighted by Crippen LogP contribution is 2.34. The van der Waals surface area contributed by atoms with Crippen molar-refractivity contribution in [2.75, 3.05) is 20.7 Å². The number of nitrogens with zero attached hydrogens (tertiary/aromatic N) is 3. The van der Waals surface area contributed by atoms with E-state index < -0.39 is 17.7 Å². The Bertz CT molecular complexity index is 776. The maximum absolute atomic E-state index is 13.4. The van der Waals surface area contributed by atoms with Crippen LogP contribution in [0.1, 0.15) is 31.2 Å². The van der Waals surface area contributed by atoms with Crippen LogP contribution in [0.2, 0.25) is 0 Å². The van der Waals surface area contributed by atoms with Crippen molar-refractivity contribution in [2.45, 2.75) is 26.9 Å². The average molecular weight is 363 g/mol. The second-order valence-corrected chi connectivity index (χ2v) is 5.88. The van der Waals surface area contributed by atoms with Crippen molar-refractivity contribution in [1.29, 1.82) is 0 Å². The van der Waals surface area contributed by atoms with Crippen molar-refractivity contribution in [3.63, 3.8) is 0 Å². The molecule has 1 unspecified atom stereocenters. The predicted octanol–water partition coefficient (Wildman–Crippen LogP) is 4.43. The van der Waals surface area contributed by atoms with Gasteiger partial charge in [-0.05, 0) is 38.5 Å². The van der Waals surface area contributed by atoms with Crippen molar-refractivity contribution >= 4 is 12.0 Å². The number of pyridine rings is 1. The van der Waals surface area contributed by atoms with Crippen molar-refractivity contribution in [3.05, 3.63) is 47.2 Å². The fourth-order valence-electron chi connectivity index (χ4n) is 2.20. The van der Waals surface area contributed by atoms with Gasteiger partial charge >= 0.3 is 0 Å². The SMILES string of the molecule is CCN(C)C=Nc1cc(OC)c(OC(C)c2cc(F)cc(F)c2)nc1C. The minimum absolute atomic E-state index is 0.241. The van der Waals surface area contributed by atoms with Crippen molar-refractivity contribution < 1.29 is 18.3 Å². The van der Waals surface area contributed by atoms with E-state index in [1.165, 1.54) is 19.2 Å². The van der Waals surface area contributed by atoms with Gasteiger partial charge in [-0.1, -0.05) is 0 Å². The summed E-state index contributed by atoms with van der Waals surface area (Å²) >= 11 is 0. The van der Waals surface area contributed by atoms with Gasteiger partial charge in [0, 0.05) is 25.7 Å². The summed E-state index contributed by atoms with van der Waals surface area (Å²) in [6.07, 6.45) is 1.10. The highest BCUT2D eigenvalue weighted by atomic mass is 19.1. The Balaban J connectivity index is 2.28. The molecule has 0 bridgehead atoms. The zero-order valence-electron chi connectivity index (χ0n) is 15.6. The van der Waals surface area contributed by atoms with Crippen LogP contribution >= 0.6 is 0 Å². The molecular formula is C19H23F2N3O2. The molecule has 0 fully saturated rings. The highest BCUT2D eigenvalue weighted by Gasteiger charge is 2.16. The van der Waals surface area contributed by atoms with E-state index in [2.05, 4.69) is 9.98 Å². The van der Waals surface area contributed by atoms with Crippen LogP contribution in [-0.4, -0.2) is 36.9 Å². The molecule has 0 amide bonds. The van der Waals surface area contributed by atoms with E-state index in [0.717, 1.165) is 12.6 Å². The summed E-state index contributed by atoms with van der Waals surface area (Å²) in [7, 11) is 3.41. The maximum atomic E-state index is 13.4. The zero-order chi connectivity index (χ0) is 19.3. The molecule has 2 aromatic rings. The van der Waals surface area contributed by atoms with Crippen molar-refractivity contribution in [1.82, 2.24) is 9.88 Å². The molecule has 0 aliphatic heterocycles. The number of rotatable bonds is 7. The quantitative estimate of drug-likeness (QED) is 0.539. The van der Waals surface area contributed by atoms with Crippen LogP contribution in [0.5, 0.6) is 11.6 Å². The first kappa shape index (κ1) is 19.6. The fourth-order valence-corrected chi connectivity index (χ4v) is 2.20. The Kier molecular flexibility index (Phi) is 6.49. The topological polar surface area (TPSA) is 47.0 Å². The van der Waals surface area contributed by atoms with Gasteiger partial charge in [0.2, 0.25) is 0 Å². The molecule has 0 aliphatic carbocycles. The number of methoxy groups -OCH3 is 1. The van der Waals surface area contributed by atoms with Gasteiger partial charge in [-0.25, -0.2) is 18.8 Å². The molecule has 0 saturated carbocycles. The Labute approximate surface area is 152 Å². The second kappa shape index (κ2) is 8.60. The molecule has 1 atom stereocenters. The normalized spacial score (nSPS) is 12.3. The zero-order valence-corrected chi connectivity index (χ0v) is 15.6. The summed E-state index contributed by atoms with van der Waals surface area (Å²) in [5.74, 6) is -0.678. The molecule has 0 radical (unpaired) electrons. The first-order chi connectivity index (χ1) is 12.3. The van der Waals surface area contributed by atoms with Crippen LogP contribution in [0.25, 0.3) is 0 Å². The Hall–Kier alpha value is -2.70. The van der Waals surface area contributed by atoms with Crippen LogP contribution in [0.3, 0.4) is 0 Å². The van der Waals surface area contributed by atoms with Gasteiger partial charge in [0.05, 0.1) is 24.8 Å². The van der Waals surface area contributed by atoms with E-state index in [0.29, 0.717) is 22.7 Å². The third-order valence-corrected chi connectivity index (χ3v) is 3.87. The van der Waals surface area contributed by atoms with Gasteiger partial charge in [-0.3, -0.25) is 0 Å². The van der Waals surface area contributed by atoms with Crippen LogP contribution in [-0.2, 0) is 0 Å². The van der Waals surface area contributed by atoms with Crippen LogP contribution in [0, 0.1) is 18.6 Å². The summed E-state index contributed by atoms with van der Waals surface area (Å²) in [4.78, 5) is 10.7. The maximum Gasteiger partial charge on any atom is 0.257 e. The van der Waals surface area contributed by atoms with Crippen LogP contribution in [0.15, 0.2) is 29.3 Å². The van der Waals surface area contributed by atoms with Gasteiger partial charge in [-0.15, -0.1) is 0 Å². The molecular weight excluding hydrogens is 340 g/mol. The second-order valence-electron chi connectivity index (χ2n) is 5.88. The molecule has 0 saturated heterocycles. The number of aliphatic imine (C=N–C) groups is 1. The Morgan fingerprint density at radius 3 is 2.46 bits per heavy atom. The molecule has 26 heavy (non-hydrogen) atoms. The summed E-state index contributed by atoms with van der Waals surface area (Å²) in [5, 5.41) is 0. The molecule has 5 nitrogen and oxygen atoms in total. The Morgan fingerprint density at radius 1 is 1.23 bits per heavy atom. The number of halogens is 2. The summed E-state index contributed by atoms with van der Waals surface area (Å²) in [6.45, 7) is 6.34. The number of aromatic nitrogens is 1. The predicted molar refractivity (Wildman–Crippen MR) is 97.4 cm³/mol. The van der Waals surface area contributed by atoms with Crippen molar-refractivity contribution in [3.8, 4) is 11.6 Å². The average Bonchev–Trinajstić information content (AvgIpc) is 2.59. The molecule has 1 aromatic carbocycles. The highest BCUT2D eigenvalue weighted by molar-refractivity contribution is 5.63. The number of benzene rings is 1. The van der Waals surface area contributed by atoms with E-state index in [1.54, 1.807) is 26.3 Å². The van der Waals surface area contributed by atoms with E-state index in [4.69, 9.17) is 9.47 Å². The minimum Gasteiger partial charge on any atom is -0.491 e. The van der Waals surface area contributed by atoms with Crippen LogP contribution in [0.4, 0.5) is 14.5 Å². The lowest BCUT2D eigenvalue weighted by atomic mass is 10.1. The molecule has 140 valence electrons. The number of ether oxygens (including phenoxy) is 2. The number of aryl methyl sites for hydroxylation is 1. The standard InChI is InChI=1S/C19H23F2N3O2/c1-6-24(4)11-22-17-10-18(25-5)19(23-12(17)2)26-13(3)14-7-15(20)9-16(21)8-14/h7-11,13H,6H2,1-5H3. The molecule has 2 rings (SSSR count). The third kappa shape index (κ3) is 4.91. The lowest BCUT2D eigenvalue weighted by Gasteiger charge is -2.17. The molecule has 7 heteroatoms. The largest absolute Gasteiger partial charge is 0.491 e. The van der Waals surface area contributed by atoms with Gasteiger partial charge in [0.25, 0.3) is 5.88 Å². The van der Waals surface area contributed by atoms with Crippen LogP contribution < -0.4 is 9.47 Å². The van der Waals surface area contributed by atoms with E-state index in [-0.39, 0.29) is 5.88 Å². The summed E-state index contributed by atoms with van der Waals surface area (Å²) in [6, 6.07) is 4.99. The Morgan fingerprint density at radius 2 is 1.88 bits per heavy atom. The molecule has 0 N–H and O–H groups in total. The summed E-state index contributed by atoms with van der Waals surface area (Å²) in [5.41, 5.74) is 1.67. The first-order valence-corrected chi connectivity index (χ1v) is 8.26. The lowest BCUT2D eigenvalue weighted by molar-refractivity contribution is 0.205. The minimum atomic E-state index is -0.656. The third-order valence-electron chi connectivity index (χ3n) is 3.87.